The molecule has 0 saturated carbocycles. The number of nitrogens with one attached hydrogen (secondary N) is 1. The Bertz CT molecular complexity index is 776. The molecular formula is C14H15N5O. The molecule has 0 bridgehead atoms. The highest BCUT2D eigenvalue weighted by atomic mass is 16.3. The minimum absolute atomic E-state index is 0.289. The first-order valence-corrected chi connectivity index (χ1v) is 6.73. The van der Waals surface area contributed by atoms with Gasteiger partial charge in [-0.05, 0) is 12.1 Å². The Kier molecular flexibility index (Phi) is 2.50. The molecular weight excluding hydrogens is 254 g/mol. The molecule has 0 aliphatic carbocycles. The summed E-state index contributed by atoms with van der Waals surface area (Å²) in [6.45, 7) is 3.66. The zero-order valence-corrected chi connectivity index (χ0v) is 11.0. The number of fused-ring (bicyclic) bond motifs is 3. The first-order valence-electron chi connectivity index (χ1n) is 6.73. The van der Waals surface area contributed by atoms with E-state index in [0.717, 1.165) is 54.1 Å². The summed E-state index contributed by atoms with van der Waals surface area (Å²) in [6.07, 6.45) is 0. The number of aromatic nitrogens is 2. The van der Waals surface area contributed by atoms with Crippen molar-refractivity contribution in [2.75, 3.05) is 36.8 Å². The average molecular weight is 269 g/mol. The van der Waals surface area contributed by atoms with Crippen molar-refractivity contribution >= 4 is 33.8 Å². The molecule has 2 aromatic heterocycles. The van der Waals surface area contributed by atoms with Crippen molar-refractivity contribution in [3.8, 4) is 0 Å². The van der Waals surface area contributed by atoms with Crippen LogP contribution in [-0.2, 0) is 0 Å². The van der Waals surface area contributed by atoms with E-state index in [9.17, 15) is 0 Å². The molecule has 1 aliphatic heterocycles. The molecule has 3 N–H and O–H groups in total. The monoisotopic (exact) mass is 269 g/mol. The third-order valence-corrected chi connectivity index (χ3v) is 3.64. The highest BCUT2D eigenvalue weighted by molar-refractivity contribution is 6.06. The smallest absolute Gasteiger partial charge is 0.222 e. The van der Waals surface area contributed by atoms with Crippen molar-refractivity contribution in [2.24, 2.45) is 0 Å². The van der Waals surface area contributed by atoms with E-state index in [1.807, 2.05) is 24.3 Å². The summed E-state index contributed by atoms with van der Waals surface area (Å²) in [4.78, 5) is 10.9. The summed E-state index contributed by atoms with van der Waals surface area (Å²) in [6, 6.07) is 7.86. The van der Waals surface area contributed by atoms with Crippen LogP contribution in [0, 0.1) is 0 Å². The van der Waals surface area contributed by atoms with E-state index in [4.69, 9.17) is 10.2 Å². The van der Waals surface area contributed by atoms with Crippen LogP contribution in [0.15, 0.2) is 28.7 Å². The maximum absolute atomic E-state index is 5.95. The largest absolute Gasteiger partial charge is 0.450 e. The van der Waals surface area contributed by atoms with Gasteiger partial charge in [-0.2, -0.15) is 4.98 Å². The first-order chi connectivity index (χ1) is 9.83. The van der Waals surface area contributed by atoms with Crippen molar-refractivity contribution in [1.82, 2.24) is 15.3 Å². The van der Waals surface area contributed by atoms with Crippen molar-refractivity contribution in [1.29, 1.82) is 0 Å². The number of nitrogens with zero attached hydrogens (tertiary/aromatic N) is 3. The van der Waals surface area contributed by atoms with Gasteiger partial charge >= 0.3 is 0 Å². The van der Waals surface area contributed by atoms with Crippen LogP contribution in [0.25, 0.3) is 22.1 Å². The second kappa shape index (κ2) is 4.35. The molecule has 3 aromatic rings. The molecule has 1 fully saturated rings. The molecule has 102 valence electrons. The molecule has 0 spiro atoms. The molecule has 0 atom stereocenters. The Morgan fingerprint density at radius 3 is 2.80 bits per heavy atom. The van der Waals surface area contributed by atoms with Crippen molar-refractivity contribution in [2.45, 2.75) is 0 Å². The summed E-state index contributed by atoms with van der Waals surface area (Å²) < 4.78 is 5.95. The number of piperazine rings is 1. The van der Waals surface area contributed by atoms with E-state index in [1.165, 1.54) is 0 Å². The lowest BCUT2D eigenvalue weighted by atomic mass is 10.2. The summed E-state index contributed by atoms with van der Waals surface area (Å²) in [5.41, 5.74) is 8.21. The number of furan rings is 1. The van der Waals surface area contributed by atoms with Crippen LogP contribution < -0.4 is 16.0 Å². The summed E-state index contributed by atoms with van der Waals surface area (Å²) in [7, 11) is 0. The fraction of sp³-hybridized carbons (Fsp3) is 0.286. The molecule has 1 saturated heterocycles. The van der Waals surface area contributed by atoms with Gasteiger partial charge < -0.3 is 20.4 Å². The predicted molar refractivity (Wildman–Crippen MR) is 78.8 cm³/mol. The molecule has 20 heavy (non-hydrogen) atoms. The van der Waals surface area contributed by atoms with E-state index in [2.05, 4.69) is 20.2 Å². The number of hydrogen-bond donors (Lipinski definition) is 2. The maximum Gasteiger partial charge on any atom is 0.222 e. The van der Waals surface area contributed by atoms with Gasteiger partial charge in [0, 0.05) is 31.6 Å². The van der Waals surface area contributed by atoms with Crippen LogP contribution >= 0.6 is 0 Å². The molecule has 6 heteroatoms. The van der Waals surface area contributed by atoms with Gasteiger partial charge in [-0.15, -0.1) is 0 Å². The number of benzene rings is 1. The van der Waals surface area contributed by atoms with Crippen molar-refractivity contribution in [3.05, 3.63) is 24.3 Å². The van der Waals surface area contributed by atoms with Crippen LogP contribution in [0.1, 0.15) is 0 Å². The van der Waals surface area contributed by atoms with Gasteiger partial charge in [-0.3, -0.25) is 0 Å². The second-order valence-corrected chi connectivity index (χ2v) is 4.92. The highest BCUT2D eigenvalue weighted by Crippen LogP contribution is 2.33. The molecule has 6 nitrogen and oxygen atoms in total. The minimum Gasteiger partial charge on any atom is -0.450 e. The lowest BCUT2D eigenvalue weighted by molar-refractivity contribution is 0.580. The SMILES string of the molecule is Nc1nc(N2CCNCC2)c2oc3ccccc3c2n1. The number of nitrogens with two attached hydrogens (primary N) is 1. The van der Waals surface area contributed by atoms with Gasteiger partial charge in [-0.1, -0.05) is 12.1 Å². The minimum atomic E-state index is 0.289. The van der Waals surface area contributed by atoms with Crippen LogP contribution in [0.5, 0.6) is 0 Å². The Balaban J connectivity index is 1.99. The standard InChI is InChI=1S/C14H15N5O/c15-14-17-11-9-3-1-2-4-10(9)20-12(11)13(18-14)19-7-5-16-6-8-19/h1-4,16H,5-8H2,(H2,15,17,18). The first kappa shape index (κ1) is 11.5. The zero-order valence-electron chi connectivity index (χ0n) is 11.0. The van der Waals surface area contributed by atoms with E-state index in [-0.39, 0.29) is 5.95 Å². The predicted octanol–water partition coefficient (Wildman–Crippen LogP) is 1.37. The van der Waals surface area contributed by atoms with E-state index >= 15 is 0 Å². The second-order valence-electron chi connectivity index (χ2n) is 4.92. The Labute approximate surface area is 115 Å². The average Bonchev–Trinajstić information content (AvgIpc) is 2.86. The van der Waals surface area contributed by atoms with Crippen LogP contribution in [0.2, 0.25) is 0 Å². The quantitative estimate of drug-likeness (QED) is 0.694. The molecule has 0 radical (unpaired) electrons. The molecule has 4 rings (SSSR count). The fourth-order valence-electron chi connectivity index (χ4n) is 2.68. The Hall–Kier alpha value is -2.34. The van der Waals surface area contributed by atoms with Crippen LogP contribution in [-0.4, -0.2) is 36.1 Å². The van der Waals surface area contributed by atoms with Crippen molar-refractivity contribution < 1.29 is 4.42 Å². The number of nitrogen functional groups attached to an aromatic ring is 1. The van der Waals surface area contributed by atoms with Gasteiger partial charge in [0.1, 0.15) is 11.1 Å². The number of anilines is 2. The molecule has 0 amide bonds. The summed E-state index contributed by atoms with van der Waals surface area (Å²) >= 11 is 0. The number of rotatable bonds is 1. The lowest BCUT2D eigenvalue weighted by Gasteiger charge is -2.28. The number of para-hydroxylation sites is 1. The molecule has 0 unspecified atom stereocenters. The number of hydrogen-bond acceptors (Lipinski definition) is 6. The molecule has 3 heterocycles. The third kappa shape index (κ3) is 1.69. The third-order valence-electron chi connectivity index (χ3n) is 3.64. The van der Waals surface area contributed by atoms with E-state index in [0.29, 0.717) is 0 Å². The van der Waals surface area contributed by atoms with E-state index < -0.39 is 0 Å². The fourth-order valence-corrected chi connectivity index (χ4v) is 2.68. The van der Waals surface area contributed by atoms with Crippen LogP contribution in [0.4, 0.5) is 11.8 Å². The van der Waals surface area contributed by atoms with Crippen LogP contribution in [0.3, 0.4) is 0 Å². The van der Waals surface area contributed by atoms with Gasteiger partial charge in [-0.25, -0.2) is 4.98 Å². The normalized spacial score (nSPS) is 16.1. The summed E-state index contributed by atoms with van der Waals surface area (Å²) in [5, 5.41) is 4.31. The summed E-state index contributed by atoms with van der Waals surface area (Å²) in [5.74, 6) is 1.09. The molecule has 1 aromatic carbocycles. The van der Waals surface area contributed by atoms with Gasteiger partial charge in [0.05, 0.1) is 0 Å². The zero-order chi connectivity index (χ0) is 13.5. The maximum atomic E-state index is 5.95. The van der Waals surface area contributed by atoms with Gasteiger partial charge in [0.25, 0.3) is 0 Å². The van der Waals surface area contributed by atoms with Gasteiger partial charge in [0.15, 0.2) is 11.4 Å². The topological polar surface area (TPSA) is 80.2 Å². The Morgan fingerprint density at radius 1 is 1.15 bits per heavy atom. The lowest BCUT2D eigenvalue weighted by Crippen LogP contribution is -2.44. The Morgan fingerprint density at radius 2 is 1.95 bits per heavy atom. The van der Waals surface area contributed by atoms with E-state index in [1.54, 1.807) is 0 Å². The highest BCUT2D eigenvalue weighted by Gasteiger charge is 2.20. The molecule has 1 aliphatic rings. The van der Waals surface area contributed by atoms with Crippen molar-refractivity contribution in [3.63, 3.8) is 0 Å². The van der Waals surface area contributed by atoms with Gasteiger partial charge in [0.2, 0.25) is 5.95 Å².